The molecule has 1 unspecified atom stereocenters. The van der Waals surface area contributed by atoms with Crippen molar-refractivity contribution >= 4 is 28.3 Å². The minimum atomic E-state index is 0.328. The molecule has 0 aromatic carbocycles. The van der Waals surface area contributed by atoms with Crippen LogP contribution in [0.4, 0.5) is 5.82 Å². The molecule has 1 fully saturated rings. The SMILES string of the molecule is Clc1ncnc2cnc3c(c12)OCC1CNCCN31. The van der Waals surface area contributed by atoms with E-state index >= 15 is 0 Å². The molecule has 0 spiro atoms. The third-order valence-electron chi connectivity index (χ3n) is 3.61. The molecule has 4 rings (SSSR count). The number of pyridine rings is 1. The second-order valence-corrected chi connectivity index (χ2v) is 5.06. The normalized spacial score (nSPS) is 21.7. The summed E-state index contributed by atoms with van der Waals surface area (Å²) in [5, 5.41) is 4.53. The van der Waals surface area contributed by atoms with E-state index < -0.39 is 0 Å². The molecule has 2 aromatic heterocycles. The first-order valence-corrected chi connectivity index (χ1v) is 6.62. The molecule has 2 aliphatic heterocycles. The lowest BCUT2D eigenvalue weighted by molar-refractivity contribution is 0.247. The molecule has 0 aliphatic carbocycles. The Morgan fingerprint density at radius 3 is 3.26 bits per heavy atom. The summed E-state index contributed by atoms with van der Waals surface area (Å²) >= 11 is 6.18. The van der Waals surface area contributed by atoms with Gasteiger partial charge >= 0.3 is 0 Å². The quantitative estimate of drug-likeness (QED) is 0.721. The lowest BCUT2D eigenvalue weighted by atomic mass is 10.1. The first-order valence-electron chi connectivity index (χ1n) is 6.24. The van der Waals surface area contributed by atoms with Crippen molar-refractivity contribution in [1.82, 2.24) is 20.3 Å². The van der Waals surface area contributed by atoms with Crippen molar-refractivity contribution in [1.29, 1.82) is 0 Å². The summed E-state index contributed by atoms with van der Waals surface area (Å²) in [7, 11) is 0. The van der Waals surface area contributed by atoms with E-state index in [4.69, 9.17) is 16.3 Å². The number of hydrogen-bond acceptors (Lipinski definition) is 6. The molecule has 7 heteroatoms. The number of piperazine rings is 1. The van der Waals surface area contributed by atoms with Crippen molar-refractivity contribution in [2.75, 3.05) is 31.1 Å². The van der Waals surface area contributed by atoms with Gasteiger partial charge in [-0.2, -0.15) is 0 Å². The molecule has 0 amide bonds. The highest BCUT2D eigenvalue weighted by Crippen LogP contribution is 2.40. The number of fused-ring (bicyclic) bond motifs is 5. The van der Waals surface area contributed by atoms with Gasteiger partial charge in [-0.05, 0) is 0 Å². The Labute approximate surface area is 114 Å². The van der Waals surface area contributed by atoms with Gasteiger partial charge in [-0.3, -0.25) is 0 Å². The van der Waals surface area contributed by atoms with Gasteiger partial charge in [0.1, 0.15) is 18.1 Å². The maximum Gasteiger partial charge on any atom is 0.174 e. The Morgan fingerprint density at radius 1 is 1.37 bits per heavy atom. The number of hydrogen-bond donors (Lipinski definition) is 1. The molecule has 1 atom stereocenters. The second kappa shape index (κ2) is 4.18. The summed E-state index contributed by atoms with van der Waals surface area (Å²) in [4.78, 5) is 15.0. The van der Waals surface area contributed by atoms with E-state index in [9.17, 15) is 0 Å². The van der Waals surface area contributed by atoms with E-state index in [0.29, 0.717) is 29.1 Å². The average molecular weight is 278 g/mol. The minimum absolute atomic E-state index is 0.328. The summed E-state index contributed by atoms with van der Waals surface area (Å²) in [6.45, 7) is 3.42. The van der Waals surface area contributed by atoms with E-state index in [1.54, 1.807) is 6.20 Å². The summed E-state index contributed by atoms with van der Waals surface area (Å²) in [5.41, 5.74) is 0.715. The standard InChI is InChI=1S/C12H12ClN5O/c13-11-9-8(16-6-17-11)4-15-12-10(9)19-5-7-3-14-1-2-18(7)12/h4,6-7,14H,1-3,5H2. The van der Waals surface area contributed by atoms with Gasteiger partial charge < -0.3 is 15.0 Å². The van der Waals surface area contributed by atoms with E-state index in [2.05, 4.69) is 25.2 Å². The van der Waals surface area contributed by atoms with E-state index in [1.807, 2.05) is 0 Å². The summed E-state index contributed by atoms with van der Waals surface area (Å²) in [5.74, 6) is 1.56. The van der Waals surface area contributed by atoms with Gasteiger partial charge in [0.05, 0.1) is 23.1 Å². The molecule has 2 aromatic rings. The Balaban J connectivity index is 1.94. The molecule has 19 heavy (non-hydrogen) atoms. The number of halogens is 1. The Morgan fingerprint density at radius 2 is 2.32 bits per heavy atom. The number of ether oxygens (including phenoxy) is 1. The zero-order chi connectivity index (χ0) is 12.8. The van der Waals surface area contributed by atoms with E-state index in [-0.39, 0.29) is 0 Å². The molecule has 6 nitrogen and oxygen atoms in total. The fourth-order valence-corrected chi connectivity index (χ4v) is 2.91. The molecule has 2 aliphatic rings. The lowest BCUT2D eigenvalue weighted by Crippen LogP contribution is -2.56. The third kappa shape index (κ3) is 1.63. The van der Waals surface area contributed by atoms with Crippen LogP contribution in [0.3, 0.4) is 0 Å². The summed E-state index contributed by atoms with van der Waals surface area (Å²) < 4.78 is 5.88. The lowest BCUT2D eigenvalue weighted by Gasteiger charge is -2.41. The first-order chi connectivity index (χ1) is 9.34. The van der Waals surface area contributed by atoms with Crippen molar-refractivity contribution in [3.63, 3.8) is 0 Å². The monoisotopic (exact) mass is 277 g/mol. The molecular weight excluding hydrogens is 266 g/mol. The zero-order valence-corrected chi connectivity index (χ0v) is 10.9. The van der Waals surface area contributed by atoms with Crippen LogP contribution in [0.1, 0.15) is 0 Å². The van der Waals surface area contributed by atoms with Gasteiger partial charge in [-0.15, -0.1) is 0 Å². The van der Waals surface area contributed by atoms with Crippen molar-refractivity contribution in [3.05, 3.63) is 17.7 Å². The highest BCUT2D eigenvalue weighted by atomic mass is 35.5. The molecule has 1 N–H and O–H groups in total. The zero-order valence-electron chi connectivity index (χ0n) is 10.1. The Bertz CT molecular complexity index is 649. The molecule has 0 radical (unpaired) electrons. The largest absolute Gasteiger partial charge is 0.487 e. The van der Waals surface area contributed by atoms with Gasteiger partial charge in [-0.1, -0.05) is 11.6 Å². The minimum Gasteiger partial charge on any atom is -0.487 e. The van der Waals surface area contributed by atoms with Crippen molar-refractivity contribution in [2.45, 2.75) is 6.04 Å². The predicted octanol–water partition coefficient (Wildman–Crippen LogP) is 0.849. The van der Waals surface area contributed by atoms with Gasteiger partial charge in [-0.25, -0.2) is 15.0 Å². The fraction of sp³-hybridized carbons (Fsp3) is 0.417. The maximum atomic E-state index is 6.18. The Hall–Kier alpha value is -1.66. The first kappa shape index (κ1) is 11.2. The maximum absolute atomic E-state index is 6.18. The highest BCUT2D eigenvalue weighted by Gasteiger charge is 2.32. The van der Waals surface area contributed by atoms with Crippen LogP contribution < -0.4 is 15.0 Å². The van der Waals surface area contributed by atoms with Gasteiger partial charge in [0.25, 0.3) is 0 Å². The number of nitrogens with zero attached hydrogens (tertiary/aromatic N) is 4. The van der Waals surface area contributed by atoms with Crippen molar-refractivity contribution in [2.24, 2.45) is 0 Å². The fourth-order valence-electron chi connectivity index (χ4n) is 2.69. The highest BCUT2D eigenvalue weighted by molar-refractivity contribution is 6.34. The van der Waals surface area contributed by atoms with Crippen LogP contribution in [0.2, 0.25) is 5.15 Å². The molecule has 0 bridgehead atoms. The second-order valence-electron chi connectivity index (χ2n) is 4.70. The molecule has 4 heterocycles. The van der Waals surface area contributed by atoms with Gasteiger partial charge in [0.2, 0.25) is 0 Å². The molecule has 0 saturated carbocycles. The van der Waals surface area contributed by atoms with Crippen molar-refractivity contribution < 1.29 is 4.74 Å². The van der Waals surface area contributed by atoms with Crippen LogP contribution in [0.25, 0.3) is 10.9 Å². The topological polar surface area (TPSA) is 63.2 Å². The number of nitrogens with one attached hydrogen (secondary N) is 1. The van der Waals surface area contributed by atoms with Crippen LogP contribution in [-0.4, -0.2) is 47.2 Å². The molecule has 98 valence electrons. The van der Waals surface area contributed by atoms with E-state index in [1.165, 1.54) is 6.33 Å². The van der Waals surface area contributed by atoms with Crippen LogP contribution in [-0.2, 0) is 0 Å². The van der Waals surface area contributed by atoms with Gasteiger partial charge in [0, 0.05) is 19.6 Å². The van der Waals surface area contributed by atoms with E-state index in [0.717, 1.165) is 30.8 Å². The van der Waals surface area contributed by atoms with Crippen LogP contribution in [0, 0.1) is 0 Å². The van der Waals surface area contributed by atoms with Crippen LogP contribution >= 0.6 is 11.6 Å². The summed E-state index contributed by atoms with van der Waals surface area (Å²) in [6.07, 6.45) is 3.17. The number of aromatic nitrogens is 3. The Kier molecular flexibility index (Phi) is 2.46. The van der Waals surface area contributed by atoms with Crippen molar-refractivity contribution in [3.8, 4) is 5.75 Å². The average Bonchev–Trinajstić information content (AvgIpc) is 2.46. The summed E-state index contributed by atoms with van der Waals surface area (Å²) in [6, 6.07) is 0.328. The molecular formula is C12H12ClN5O. The predicted molar refractivity (Wildman–Crippen MR) is 71.8 cm³/mol. The number of rotatable bonds is 0. The smallest absolute Gasteiger partial charge is 0.174 e. The third-order valence-corrected chi connectivity index (χ3v) is 3.90. The van der Waals surface area contributed by atoms with Gasteiger partial charge in [0.15, 0.2) is 11.6 Å². The molecule has 1 saturated heterocycles. The van der Waals surface area contributed by atoms with Crippen LogP contribution in [0.5, 0.6) is 5.75 Å². The number of anilines is 1. The van der Waals surface area contributed by atoms with Crippen LogP contribution in [0.15, 0.2) is 12.5 Å².